The van der Waals surface area contributed by atoms with Gasteiger partial charge in [-0.3, -0.25) is 14.9 Å². The normalized spacial score (nSPS) is 21.0. The zero-order valence-corrected chi connectivity index (χ0v) is 12.7. The van der Waals surface area contributed by atoms with E-state index in [1.807, 2.05) is 17.9 Å². The van der Waals surface area contributed by atoms with Crippen LogP contribution in [-0.4, -0.2) is 35.4 Å². The molecule has 0 bridgehead atoms. The van der Waals surface area contributed by atoms with E-state index in [4.69, 9.17) is 0 Å². The van der Waals surface area contributed by atoms with Crippen LogP contribution in [-0.2, 0) is 4.79 Å². The highest BCUT2D eigenvalue weighted by Gasteiger charge is 2.36. The van der Waals surface area contributed by atoms with Crippen molar-refractivity contribution in [1.29, 1.82) is 0 Å². The van der Waals surface area contributed by atoms with Crippen LogP contribution >= 0.6 is 0 Å². The van der Waals surface area contributed by atoms with Gasteiger partial charge in [-0.25, -0.2) is 0 Å². The summed E-state index contributed by atoms with van der Waals surface area (Å²) in [5.74, 6) is 0.926. The number of hydrogen-bond donors (Lipinski definition) is 1. The average molecular weight is 303 g/mol. The van der Waals surface area contributed by atoms with E-state index in [0.29, 0.717) is 24.1 Å². The fourth-order valence-corrected chi connectivity index (χ4v) is 3.07. The third-order valence-electron chi connectivity index (χ3n) is 4.54. The molecule has 1 amide bonds. The number of nitrogens with zero attached hydrogens (tertiary/aromatic N) is 2. The van der Waals surface area contributed by atoms with Crippen LogP contribution in [0.4, 0.5) is 11.4 Å². The highest BCUT2D eigenvalue weighted by atomic mass is 16.6. The number of anilines is 1. The third-order valence-corrected chi connectivity index (χ3v) is 4.54. The van der Waals surface area contributed by atoms with Crippen molar-refractivity contribution in [2.24, 2.45) is 11.8 Å². The van der Waals surface area contributed by atoms with Crippen molar-refractivity contribution in [3.8, 4) is 0 Å². The van der Waals surface area contributed by atoms with E-state index < -0.39 is 0 Å². The van der Waals surface area contributed by atoms with Crippen LogP contribution in [0, 0.1) is 28.9 Å². The number of nitro benzene ring substituents is 1. The smallest absolute Gasteiger partial charge is 0.292 e. The van der Waals surface area contributed by atoms with Gasteiger partial charge in [0, 0.05) is 31.6 Å². The van der Waals surface area contributed by atoms with Crippen molar-refractivity contribution in [3.63, 3.8) is 0 Å². The second-order valence-electron chi connectivity index (χ2n) is 6.32. The molecule has 1 aliphatic heterocycles. The zero-order valence-electron chi connectivity index (χ0n) is 12.7. The van der Waals surface area contributed by atoms with E-state index in [9.17, 15) is 14.9 Å². The maximum atomic E-state index is 12.0. The SMILES string of the molecule is Cc1cccc([N+](=O)[O-])c1NCC1CCN(C(=O)C2CC2)C1. The Bertz CT molecular complexity index is 598. The molecule has 1 atom stereocenters. The van der Waals surface area contributed by atoms with Gasteiger partial charge in [0.2, 0.25) is 5.91 Å². The van der Waals surface area contributed by atoms with Crippen LogP contribution < -0.4 is 5.32 Å². The lowest BCUT2D eigenvalue weighted by Gasteiger charge is -2.17. The first-order chi connectivity index (χ1) is 10.6. The minimum absolute atomic E-state index is 0.115. The molecule has 1 heterocycles. The predicted molar refractivity (Wildman–Crippen MR) is 83.7 cm³/mol. The van der Waals surface area contributed by atoms with Crippen LogP contribution in [0.1, 0.15) is 24.8 Å². The van der Waals surface area contributed by atoms with Crippen molar-refractivity contribution in [1.82, 2.24) is 4.90 Å². The Morgan fingerprint density at radius 3 is 2.86 bits per heavy atom. The topological polar surface area (TPSA) is 75.5 Å². The zero-order chi connectivity index (χ0) is 15.7. The van der Waals surface area contributed by atoms with Crippen molar-refractivity contribution < 1.29 is 9.72 Å². The molecule has 1 aliphatic carbocycles. The lowest BCUT2D eigenvalue weighted by molar-refractivity contribution is -0.384. The van der Waals surface area contributed by atoms with Crippen molar-refractivity contribution in [3.05, 3.63) is 33.9 Å². The molecule has 1 unspecified atom stereocenters. The number of benzene rings is 1. The number of para-hydroxylation sites is 1. The molecule has 1 N–H and O–H groups in total. The number of carbonyl (C=O) groups is 1. The first-order valence-corrected chi connectivity index (χ1v) is 7.83. The van der Waals surface area contributed by atoms with Gasteiger partial charge in [0.05, 0.1) is 4.92 Å². The molecule has 0 spiro atoms. The standard InChI is InChI=1S/C16H21N3O3/c1-11-3-2-4-14(19(21)22)15(11)17-9-12-7-8-18(10-12)16(20)13-5-6-13/h2-4,12-13,17H,5-10H2,1H3. The molecule has 0 radical (unpaired) electrons. The van der Waals surface area contributed by atoms with Gasteiger partial charge in [-0.15, -0.1) is 0 Å². The van der Waals surface area contributed by atoms with Crippen LogP contribution in [0.25, 0.3) is 0 Å². The molecular formula is C16H21N3O3. The Labute approximate surface area is 129 Å². The molecule has 1 saturated carbocycles. The maximum Gasteiger partial charge on any atom is 0.292 e. The van der Waals surface area contributed by atoms with E-state index in [0.717, 1.165) is 37.9 Å². The van der Waals surface area contributed by atoms with Crippen LogP contribution in [0.15, 0.2) is 18.2 Å². The lowest BCUT2D eigenvalue weighted by atomic mass is 10.1. The first kappa shape index (κ1) is 14.8. The number of hydrogen-bond acceptors (Lipinski definition) is 4. The molecule has 3 rings (SSSR count). The summed E-state index contributed by atoms with van der Waals surface area (Å²) >= 11 is 0. The minimum Gasteiger partial charge on any atom is -0.379 e. The predicted octanol–water partition coefficient (Wildman–Crippen LogP) is 2.57. The highest BCUT2D eigenvalue weighted by molar-refractivity contribution is 5.81. The van der Waals surface area contributed by atoms with Gasteiger partial charge in [-0.05, 0) is 37.7 Å². The molecule has 2 aliphatic rings. The second-order valence-corrected chi connectivity index (χ2v) is 6.32. The summed E-state index contributed by atoms with van der Waals surface area (Å²) in [4.78, 5) is 24.7. The Kier molecular flexibility index (Phi) is 4.00. The number of likely N-dealkylation sites (tertiary alicyclic amines) is 1. The molecule has 0 aromatic heterocycles. The van der Waals surface area contributed by atoms with E-state index in [-0.39, 0.29) is 16.5 Å². The highest BCUT2D eigenvalue weighted by Crippen LogP contribution is 2.33. The number of amides is 1. The van der Waals surface area contributed by atoms with Gasteiger partial charge >= 0.3 is 0 Å². The minimum atomic E-state index is -0.354. The molecule has 1 aromatic carbocycles. The second kappa shape index (κ2) is 5.94. The van der Waals surface area contributed by atoms with Gasteiger partial charge < -0.3 is 10.2 Å². The summed E-state index contributed by atoms with van der Waals surface area (Å²) in [7, 11) is 0. The van der Waals surface area contributed by atoms with Gasteiger partial charge in [-0.2, -0.15) is 0 Å². The Hall–Kier alpha value is -2.11. The molecule has 2 fully saturated rings. The van der Waals surface area contributed by atoms with Crippen LogP contribution in [0.2, 0.25) is 0 Å². The van der Waals surface area contributed by atoms with E-state index in [1.165, 1.54) is 6.07 Å². The van der Waals surface area contributed by atoms with E-state index in [2.05, 4.69) is 5.32 Å². The molecular weight excluding hydrogens is 282 g/mol. The molecule has 1 aromatic rings. The van der Waals surface area contributed by atoms with Gasteiger partial charge in [0.15, 0.2) is 0 Å². The Morgan fingerprint density at radius 1 is 1.41 bits per heavy atom. The summed E-state index contributed by atoms with van der Waals surface area (Å²) in [5, 5.41) is 14.3. The molecule has 22 heavy (non-hydrogen) atoms. The van der Waals surface area contributed by atoms with Crippen molar-refractivity contribution in [2.45, 2.75) is 26.2 Å². The Balaban J connectivity index is 1.59. The summed E-state index contributed by atoms with van der Waals surface area (Å²) < 4.78 is 0. The van der Waals surface area contributed by atoms with Gasteiger partial charge in [-0.1, -0.05) is 12.1 Å². The first-order valence-electron chi connectivity index (χ1n) is 7.83. The number of aryl methyl sites for hydroxylation is 1. The largest absolute Gasteiger partial charge is 0.379 e. The molecule has 118 valence electrons. The number of nitrogens with one attached hydrogen (secondary N) is 1. The van der Waals surface area contributed by atoms with E-state index >= 15 is 0 Å². The van der Waals surface area contributed by atoms with Crippen molar-refractivity contribution in [2.75, 3.05) is 25.0 Å². The number of nitro groups is 1. The fourth-order valence-electron chi connectivity index (χ4n) is 3.07. The average Bonchev–Trinajstić information content (AvgIpc) is 3.23. The maximum absolute atomic E-state index is 12.0. The third kappa shape index (κ3) is 3.05. The summed E-state index contributed by atoms with van der Waals surface area (Å²) in [6.45, 7) is 4.12. The van der Waals surface area contributed by atoms with Crippen LogP contribution in [0.3, 0.4) is 0 Å². The van der Waals surface area contributed by atoms with E-state index in [1.54, 1.807) is 6.07 Å². The summed E-state index contributed by atoms with van der Waals surface area (Å²) in [5.41, 5.74) is 1.58. The van der Waals surface area contributed by atoms with Crippen molar-refractivity contribution >= 4 is 17.3 Å². The quantitative estimate of drug-likeness (QED) is 0.670. The lowest BCUT2D eigenvalue weighted by Crippen LogP contribution is -2.30. The van der Waals surface area contributed by atoms with Gasteiger partial charge in [0.1, 0.15) is 5.69 Å². The number of rotatable bonds is 5. The van der Waals surface area contributed by atoms with Crippen LogP contribution in [0.5, 0.6) is 0 Å². The molecule has 6 heteroatoms. The fraction of sp³-hybridized carbons (Fsp3) is 0.562. The summed E-state index contributed by atoms with van der Waals surface area (Å²) in [6.07, 6.45) is 3.03. The van der Waals surface area contributed by atoms with Gasteiger partial charge in [0.25, 0.3) is 5.69 Å². The summed E-state index contributed by atoms with van der Waals surface area (Å²) in [6, 6.07) is 5.09. The molecule has 6 nitrogen and oxygen atoms in total. The molecule has 1 saturated heterocycles. The Morgan fingerprint density at radius 2 is 2.18 bits per heavy atom. The monoisotopic (exact) mass is 303 g/mol. The number of carbonyl (C=O) groups excluding carboxylic acids is 1.